The normalized spacial score (nSPS) is 10.9. The minimum Gasteiger partial charge on any atom is -0.481 e. The number of rotatable bonds is 5. The zero-order valence-corrected chi connectivity index (χ0v) is 15.2. The van der Waals surface area contributed by atoms with Gasteiger partial charge in [0.15, 0.2) is 0 Å². The van der Waals surface area contributed by atoms with Crippen LogP contribution in [0.1, 0.15) is 0 Å². The molecule has 2 N–H and O–H groups in total. The summed E-state index contributed by atoms with van der Waals surface area (Å²) in [6, 6.07) is 14.9. The van der Waals surface area contributed by atoms with Crippen LogP contribution in [-0.4, -0.2) is 24.5 Å². The van der Waals surface area contributed by atoms with Crippen molar-refractivity contribution in [2.24, 2.45) is 0 Å². The summed E-state index contributed by atoms with van der Waals surface area (Å²) in [6.07, 6.45) is -3.15. The lowest BCUT2D eigenvalue weighted by atomic mass is 10.1. The van der Waals surface area contributed by atoms with Crippen molar-refractivity contribution in [1.82, 2.24) is 4.98 Å². The van der Waals surface area contributed by atoms with Gasteiger partial charge in [-0.3, -0.25) is 0 Å². The summed E-state index contributed by atoms with van der Waals surface area (Å²) in [5, 5.41) is 5.27. The molecule has 0 spiro atoms. The number of aromatic nitrogens is 1. The molecule has 0 fully saturated rings. The van der Waals surface area contributed by atoms with Gasteiger partial charge in [-0.05, 0) is 36.4 Å². The first-order chi connectivity index (χ1) is 13.8. The Morgan fingerprint density at radius 2 is 1.69 bits per heavy atom. The van der Waals surface area contributed by atoms with E-state index in [0.717, 1.165) is 23.3 Å². The number of halogens is 3. The quantitative estimate of drug-likeness (QED) is 0.606. The summed E-state index contributed by atoms with van der Waals surface area (Å²) in [6.45, 7) is 0. The van der Waals surface area contributed by atoms with Crippen LogP contribution >= 0.6 is 0 Å². The molecule has 0 unspecified atom stereocenters. The minimum absolute atomic E-state index is 0.306. The number of alkyl halides is 3. The number of hydrogen-bond donors (Lipinski definition) is 2. The summed E-state index contributed by atoms with van der Waals surface area (Å²) in [5.41, 5.74) is 2.36. The van der Waals surface area contributed by atoms with Crippen LogP contribution in [0.4, 0.5) is 29.3 Å². The highest BCUT2D eigenvalue weighted by Crippen LogP contribution is 2.28. The van der Waals surface area contributed by atoms with Crippen molar-refractivity contribution in [3.8, 4) is 22.8 Å². The van der Waals surface area contributed by atoms with E-state index >= 15 is 0 Å². The van der Waals surface area contributed by atoms with Crippen molar-refractivity contribution in [2.75, 3.05) is 17.7 Å². The third kappa shape index (κ3) is 5.61. The number of urea groups is 1. The fraction of sp³-hybridized carbons (Fsp3) is 0.100. The van der Waals surface area contributed by atoms with E-state index in [2.05, 4.69) is 20.4 Å². The van der Waals surface area contributed by atoms with Crippen molar-refractivity contribution in [3.05, 3.63) is 66.9 Å². The predicted octanol–water partition coefficient (Wildman–Crippen LogP) is 5.30. The van der Waals surface area contributed by atoms with Crippen LogP contribution in [0.2, 0.25) is 0 Å². The number of nitrogens with one attached hydrogen (secondary N) is 2. The van der Waals surface area contributed by atoms with Crippen molar-refractivity contribution in [1.29, 1.82) is 0 Å². The van der Waals surface area contributed by atoms with Crippen LogP contribution in [0.25, 0.3) is 11.1 Å². The monoisotopic (exact) mass is 403 g/mol. The van der Waals surface area contributed by atoms with Crippen LogP contribution in [0.5, 0.6) is 11.6 Å². The Hall–Kier alpha value is -3.75. The van der Waals surface area contributed by atoms with E-state index in [9.17, 15) is 18.0 Å². The van der Waals surface area contributed by atoms with Gasteiger partial charge in [-0.1, -0.05) is 18.2 Å². The molecule has 0 saturated heterocycles. The molecule has 1 heterocycles. The number of pyridine rings is 1. The van der Waals surface area contributed by atoms with Crippen LogP contribution in [0.3, 0.4) is 0 Å². The Morgan fingerprint density at radius 1 is 0.966 bits per heavy atom. The van der Waals surface area contributed by atoms with Gasteiger partial charge in [0.05, 0.1) is 12.8 Å². The molecule has 0 bridgehead atoms. The van der Waals surface area contributed by atoms with Crippen LogP contribution in [0, 0.1) is 0 Å². The Morgan fingerprint density at radius 3 is 2.31 bits per heavy atom. The Kier molecular flexibility index (Phi) is 5.87. The second-order valence-electron chi connectivity index (χ2n) is 5.79. The largest absolute Gasteiger partial charge is 0.573 e. The number of methoxy groups -OCH3 is 1. The number of benzene rings is 2. The fourth-order valence-corrected chi connectivity index (χ4v) is 2.53. The molecule has 2 aromatic carbocycles. The molecule has 3 aromatic rings. The van der Waals surface area contributed by atoms with E-state index < -0.39 is 12.4 Å². The van der Waals surface area contributed by atoms with Crippen LogP contribution in [0.15, 0.2) is 66.9 Å². The van der Waals surface area contributed by atoms with Gasteiger partial charge in [0.25, 0.3) is 0 Å². The Bertz CT molecular complexity index is 975. The molecule has 6 nitrogen and oxygen atoms in total. The molecular weight excluding hydrogens is 387 g/mol. The molecular formula is C20H16F3N3O3. The highest BCUT2D eigenvalue weighted by molar-refractivity contribution is 6.02. The van der Waals surface area contributed by atoms with Crippen molar-refractivity contribution in [2.45, 2.75) is 6.36 Å². The standard InChI is InChI=1S/C20H16F3N3O3/c1-28-18-11-6-13(12-24-18)16-4-2-3-5-17(16)26-19(27)25-14-7-9-15(10-8-14)29-20(21,22)23/h2-12H,1H3,(H2,25,26,27). The first-order valence-corrected chi connectivity index (χ1v) is 8.37. The molecule has 150 valence electrons. The second-order valence-corrected chi connectivity index (χ2v) is 5.79. The average Bonchev–Trinajstić information content (AvgIpc) is 2.69. The molecule has 0 saturated carbocycles. The zero-order valence-electron chi connectivity index (χ0n) is 15.2. The zero-order chi connectivity index (χ0) is 20.9. The van der Waals surface area contributed by atoms with E-state index in [1.807, 2.05) is 18.2 Å². The number of carbonyl (C=O) groups is 1. The molecule has 0 radical (unpaired) electrons. The molecule has 0 atom stereocenters. The van der Waals surface area contributed by atoms with E-state index in [1.165, 1.54) is 19.2 Å². The lowest BCUT2D eigenvalue weighted by Crippen LogP contribution is -2.20. The summed E-state index contributed by atoms with van der Waals surface area (Å²) in [5.74, 6) is 0.0932. The first kappa shape index (κ1) is 20.0. The average molecular weight is 403 g/mol. The molecule has 9 heteroatoms. The maximum atomic E-state index is 12.3. The van der Waals surface area contributed by atoms with E-state index in [4.69, 9.17) is 4.74 Å². The molecule has 0 aliphatic rings. The highest BCUT2D eigenvalue weighted by atomic mass is 19.4. The first-order valence-electron chi connectivity index (χ1n) is 8.37. The molecule has 0 aliphatic heterocycles. The molecule has 2 amide bonds. The number of carbonyl (C=O) groups excluding carboxylic acids is 1. The number of ether oxygens (including phenoxy) is 2. The molecule has 29 heavy (non-hydrogen) atoms. The fourth-order valence-electron chi connectivity index (χ4n) is 2.53. The van der Waals surface area contributed by atoms with Gasteiger partial charge in [0.1, 0.15) is 5.75 Å². The number of hydrogen-bond acceptors (Lipinski definition) is 4. The summed E-state index contributed by atoms with van der Waals surface area (Å²) in [7, 11) is 1.52. The number of nitrogens with zero attached hydrogens (tertiary/aromatic N) is 1. The van der Waals surface area contributed by atoms with Crippen LogP contribution in [-0.2, 0) is 0 Å². The molecule has 3 rings (SSSR count). The van der Waals surface area contributed by atoms with Gasteiger partial charge in [0, 0.05) is 29.1 Å². The lowest BCUT2D eigenvalue weighted by Gasteiger charge is -2.13. The topological polar surface area (TPSA) is 72.5 Å². The van der Waals surface area contributed by atoms with Crippen molar-refractivity contribution < 1.29 is 27.4 Å². The third-order valence-electron chi connectivity index (χ3n) is 3.78. The smallest absolute Gasteiger partial charge is 0.481 e. The Labute approximate surface area is 164 Å². The number of anilines is 2. The molecule has 1 aromatic heterocycles. The summed E-state index contributed by atoms with van der Waals surface area (Å²) in [4.78, 5) is 16.5. The van der Waals surface area contributed by atoms with Crippen LogP contribution < -0.4 is 20.1 Å². The summed E-state index contributed by atoms with van der Waals surface area (Å²) < 4.78 is 45.4. The van der Waals surface area contributed by atoms with Gasteiger partial charge in [0.2, 0.25) is 5.88 Å². The van der Waals surface area contributed by atoms with Gasteiger partial charge >= 0.3 is 12.4 Å². The highest BCUT2D eigenvalue weighted by Gasteiger charge is 2.30. The lowest BCUT2D eigenvalue weighted by molar-refractivity contribution is -0.274. The number of amides is 2. The van der Waals surface area contributed by atoms with Gasteiger partial charge < -0.3 is 20.1 Å². The maximum absolute atomic E-state index is 12.3. The Balaban J connectivity index is 1.69. The minimum atomic E-state index is -4.77. The molecule has 0 aliphatic carbocycles. The van der Waals surface area contributed by atoms with E-state index in [-0.39, 0.29) is 5.75 Å². The number of para-hydroxylation sites is 1. The van der Waals surface area contributed by atoms with Crippen molar-refractivity contribution in [3.63, 3.8) is 0 Å². The third-order valence-corrected chi connectivity index (χ3v) is 3.78. The second kappa shape index (κ2) is 8.51. The SMILES string of the molecule is COc1ccc(-c2ccccc2NC(=O)Nc2ccc(OC(F)(F)F)cc2)cn1. The van der Waals surface area contributed by atoms with Gasteiger partial charge in [-0.25, -0.2) is 9.78 Å². The van der Waals surface area contributed by atoms with E-state index in [0.29, 0.717) is 17.3 Å². The van der Waals surface area contributed by atoms with Crippen molar-refractivity contribution >= 4 is 17.4 Å². The van der Waals surface area contributed by atoms with Gasteiger partial charge in [-0.15, -0.1) is 13.2 Å². The van der Waals surface area contributed by atoms with E-state index in [1.54, 1.807) is 24.4 Å². The summed E-state index contributed by atoms with van der Waals surface area (Å²) >= 11 is 0. The van der Waals surface area contributed by atoms with Gasteiger partial charge in [-0.2, -0.15) is 0 Å². The maximum Gasteiger partial charge on any atom is 0.573 e. The predicted molar refractivity (Wildman–Crippen MR) is 102 cm³/mol.